The van der Waals surface area contributed by atoms with Crippen molar-refractivity contribution in [3.8, 4) is 5.75 Å². The Morgan fingerprint density at radius 1 is 0.903 bits per heavy atom. The minimum Gasteiger partial charge on any atom is -0.423 e. The molecule has 0 aromatic heterocycles. The smallest absolute Gasteiger partial charge is 0.343 e. The zero-order valence-electron chi connectivity index (χ0n) is 17.4. The van der Waals surface area contributed by atoms with Gasteiger partial charge in [-0.3, -0.25) is 14.5 Å². The number of esters is 1. The van der Waals surface area contributed by atoms with E-state index >= 15 is 0 Å². The summed E-state index contributed by atoms with van der Waals surface area (Å²) in [7, 11) is 0. The van der Waals surface area contributed by atoms with E-state index in [1.807, 2.05) is 26.0 Å². The van der Waals surface area contributed by atoms with Gasteiger partial charge < -0.3 is 4.74 Å². The monoisotopic (exact) mass is 413 g/mol. The lowest BCUT2D eigenvalue weighted by Crippen LogP contribution is -2.40. The molecule has 5 aliphatic rings. The van der Waals surface area contributed by atoms with Gasteiger partial charge in [0.15, 0.2) is 0 Å². The van der Waals surface area contributed by atoms with Gasteiger partial charge in [0.1, 0.15) is 5.75 Å². The average molecular weight is 413 g/mol. The summed E-state index contributed by atoms with van der Waals surface area (Å²) >= 11 is 0. The van der Waals surface area contributed by atoms with E-state index in [4.69, 9.17) is 4.74 Å². The Morgan fingerprint density at radius 2 is 1.52 bits per heavy atom. The van der Waals surface area contributed by atoms with Crippen LogP contribution in [0.1, 0.15) is 27.9 Å². The number of carbonyl (C=O) groups excluding carboxylic acids is 3. The van der Waals surface area contributed by atoms with Crippen LogP contribution in [0, 0.1) is 49.4 Å². The maximum atomic E-state index is 13.2. The molecule has 31 heavy (non-hydrogen) atoms. The molecule has 5 heteroatoms. The highest BCUT2D eigenvalue weighted by molar-refractivity contribution is 6.22. The van der Waals surface area contributed by atoms with Crippen molar-refractivity contribution in [3.63, 3.8) is 0 Å². The van der Waals surface area contributed by atoms with Gasteiger partial charge in [-0.1, -0.05) is 24.3 Å². The Labute approximate surface area is 180 Å². The molecule has 0 N–H and O–H groups in total. The van der Waals surface area contributed by atoms with E-state index in [2.05, 4.69) is 12.2 Å². The second-order valence-corrected chi connectivity index (χ2v) is 9.30. The maximum Gasteiger partial charge on any atom is 0.343 e. The summed E-state index contributed by atoms with van der Waals surface area (Å²) in [6.07, 6.45) is 5.48. The fraction of sp³-hybridized carbons (Fsp3) is 0.346. The highest BCUT2D eigenvalue weighted by Crippen LogP contribution is 2.65. The van der Waals surface area contributed by atoms with Crippen molar-refractivity contribution >= 4 is 23.5 Å². The molecule has 2 bridgehead atoms. The predicted molar refractivity (Wildman–Crippen MR) is 115 cm³/mol. The van der Waals surface area contributed by atoms with Crippen LogP contribution in [0.15, 0.2) is 54.6 Å². The third-order valence-corrected chi connectivity index (χ3v) is 7.78. The standard InChI is InChI=1S/C26H23NO4/c1-13-4-3-5-21(14(13)2)31-26(30)15-6-8-16(9-7-15)27-24(28)22-17-10-11-18(20-12-19(17)20)23(22)25(27)29/h3-11,17-20,22-23H,12H2,1-2H3/t17-,18-,19-,20-,22+,23+/m1/s1. The fourth-order valence-corrected chi connectivity index (χ4v) is 5.95. The first-order valence-corrected chi connectivity index (χ1v) is 10.9. The van der Waals surface area contributed by atoms with Crippen LogP contribution in [0.3, 0.4) is 0 Å². The van der Waals surface area contributed by atoms with Crippen LogP contribution in [0.4, 0.5) is 5.69 Å². The number of benzene rings is 2. The van der Waals surface area contributed by atoms with Crippen molar-refractivity contribution in [1.82, 2.24) is 0 Å². The Bertz CT molecular complexity index is 1130. The van der Waals surface area contributed by atoms with Crippen LogP contribution in [0.2, 0.25) is 0 Å². The highest BCUT2D eigenvalue weighted by atomic mass is 16.5. The van der Waals surface area contributed by atoms with Gasteiger partial charge in [0, 0.05) is 0 Å². The summed E-state index contributed by atoms with van der Waals surface area (Å²) < 4.78 is 5.56. The van der Waals surface area contributed by atoms with Gasteiger partial charge in [-0.25, -0.2) is 4.79 Å². The Kier molecular flexibility index (Phi) is 3.83. The molecular formula is C26H23NO4. The van der Waals surface area contributed by atoms with E-state index in [-0.39, 0.29) is 35.5 Å². The van der Waals surface area contributed by atoms with Crippen LogP contribution in [0.5, 0.6) is 5.75 Å². The van der Waals surface area contributed by atoms with Gasteiger partial charge in [-0.2, -0.15) is 0 Å². The first-order chi connectivity index (χ1) is 15.0. The van der Waals surface area contributed by atoms with Crippen molar-refractivity contribution in [3.05, 3.63) is 71.3 Å². The molecule has 1 heterocycles. The predicted octanol–water partition coefficient (Wildman–Crippen LogP) is 4.08. The summed E-state index contributed by atoms with van der Waals surface area (Å²) in [6.45, 7) is 3.88. The number of imide groups is 1. The summed E-state index contributed by atoms with van der Waals surface area (Å²) in [5, 5.41) is 0. The third-order valence-electron chi connectivity index (χ3n) is 7.78. The zero-order chi connectivity index (χ0) is 21.4. The maximum absolute atomic E-state index is 13.2. The van der Waals surface area contributed by atoms with E-state index in [9.17, 15) is 14.4 Å². The van der Waals surface area contributed by atoms with Crippen molar-refractivity contribution in [2.75, 3.05) is 4.90 Å². The molecule has 1 aliphatic heterocycles. The fourth-order valence-electron chi connectivity index (χ4n) is 5.95. The molecule has 3 fully saturated rings. The molecule has 2 aromatic rings. The molecule has 6 atom stereocenters. The van der Waals surface area contributed by atoms with Gasteiger partial charge in [-0.15, -0.1) is 0 Å². The van der Waals surface area contributed by atoms with Crippen molar-refractivity contribution in [1.29, 1.82) is 0 Å². The van der Waals surface area contributed by atoms with E-state index in [0.717, 1.165) is 17.5 Å². The lowest BCUT2D eigenvalue weighted by Gasteiger charge is -2.37. The van der Waals surface area contributed by atoms with E-state index in [1.54, 1.807) is 30.3 Å². The van der Waals surface area contributed by atoms with Crippen LogP contribution in [0.25, 0.3) is 0 Å². The molecule has 2 aromatic carbocycles. The third kappa shape index (κ3) is 2.59. The molecule has 5 nitrogen and oxygen atoms in total. The van der Waals surface area contributed by atoms with Crippen molar-refractivity contribution < 1.29 is 19.1 Å². The van der Waals surface area contributed by atoms with Gasteiger partial charge >= 0.3 is 5.97 Å². The van der Waals surface area contributed by atoms with Gasteiger partial charge in [-0.05, 0) is 85.4 Å². The molecule has 1 saturated heterocycles. The number of anilines is 1. The van der Waals surface area contributed by atoms with Crippen LogP contribution in [-0.4, -0.2) is 17.8 Å². The van der Waals surface area contributed by atoms with Crippen molar-refractivity contribution in [2.24, 2.45) is 35.5 Å². The number of amides is 2. The molecule has 7 rings (SSSR count). The zero-order valence-corrected chi connectivity index (χ0v) is 17.4. The second kappa shape index (κ2) is 6.39. The molecular weight excluding hydrogens is 390 g/mol. The number of hydrogen-bond acceptors (Lipinski definition) is 4. The lowest BCUT2D eigenvalue weighted by molar-refractivity contribution is -0.124. The Hall–Kier alpha value is -3.21. The first kappa shape index (κ1) is 18.6. The SMILES string of the molecule is Cc1cccc(OC(=O)c2ccc(N3C(=O)[C@H]4[C@@H]5C=C[C@H]([C@H]6C[C@H]56)[C@@H]4C3=O)cc2)c1C. The minimum atomic E-state index is -0.463. The van der Waals surface area contributed by atoms with Crippen LogP contribution >= 0.6 is 0 Å². The molecule has 2 saturated carbocycles. The Balaban J connectivity index is 1.24. The highest BCUT2D eigenvalue weighted by Gasteiger charge is 2.67. The molecule has 0 spiro atoms. The topological polar surface area (TPSA) is 63.7 Å². The van der Waals surface area contributed by atoms with Crippen molar-refractivity contribution in [2.45, 2.75) is 20.3 Å². The number of allylic oxidation sites excluding steroid dienone is 2. The largest absolute Gasteiger partial charge is 0.423 e. The average Bonchev–Trinajstić information content (AvgIpc) is 3.55. The second-order valence-electron chi connectivity index (χ2n) is 9.30. The van der Waals surface area contributed by atoms with E-state index in [1.165, 1.54) is 4.90 Å². The summed E-state index contributed by atoms with van der Waals surface area (Å²) in [4.78, 5) is 40.4. The van der Waals surface area contributed by atoms with Gasteiger partial charge in [0.25, 0.3) is 0 Å². The van der Waals surface area contributed by atoms with E-state index < -0.39 is 5.97 Å². The molecule has 156 valence electrons. The van der Waals surface area contributed by atoms with E-state index in [0.29, 0.717) is 28.8 Å². The molecule has 0 radical (unpaired) electrons. The first-order valence-electron chi connectivity index (χ1n) is 10.9. The number of nitrogens with zero attached hydrogens (tertiary/aromatic N) is 1. The van der Waals surface area contributed by atoms with Crippen LogP contribution in [-0.2, 0) is 9.59 Å². The normalized spacial score (nSPS) is 32.1. The lowest BCUT2D eigenvalue weighted by atomic mass is 9.63. The molecule has 0 unspecified atom stereocenters. The van der Waals surface area contributed by atoms with Gasteiger partial charge in [0.2, 0.25) is 11.8 Å². The number of aryl methyl sites for hydroxylation is 1. The quantitative estimate of drug-likeness (QED) is 0.329. The summed E-state index contributed by atoms with van der Waals surface area (Å²) in [5.74, 6) is 1.00. The van der Waals surface area contributed by atoms with Gasteiger partial charge in [0.05, 0.1) is 23.1 Å². The minimum absolute atomic E-state index is 0.0922. The number of ether oxygens (including phenoxy) is 1. The number of hydrogen-bond donors (Lipinski definition) is 0. The number of carbonyl (C=O) groups is 3. The number of rotatable bonds is 3. The summed E-state index contributed by atoms with van der Waals surface area (Å²) in [5.41, 5.74) is 2.88. The molecule has 2 amide bonds. The molecule has 4 aliphatic carbocycles. The Morgan fingerprint density at radius 3 is 2.13 bits per heavy atom. The van der Waals surface area contributed by atoms with Crippen LogP contribution < -0.4 is 9.64 Å². The summed E-state index contributed by atoms with van der Waals surface area (Å²) in [6, 6.07) is 12.2.